The topological polar surface area (TPSA) is 73.2 Å². The highest BCUT2D eigenvalue weighted by Crippen LogP contribution is 2.31. The molecule has 0 spiro atoms. The van der Waals surface area contributed by atoms with Gasteiger partial charge in [0.15, 0.2) is 6.61 Å². The summed E-state index contributed by atoms with van der Waals surface area (Å²) < 4.78 is 21.0. The van der Waals surface area contributed by atoms with Gasteiger partial charge >= 0.3 is 5.97 Å². The predicted molar refractivity (Wildman–Crippen MR) is 100 cm³/mol. The van der Waals surface area contributed by atoms with Crippen LogP contribution in [0.2, 0.25) is 0 Å². The number of hydrogen-bond donors (Lipinski definition) is 1. The first-order valence-electron chi connectivity index (χ1n) is 8.80. The third-order valence-electron chi connectivity index (χ3n) is 4.62. The SMILES string of the molecule is O=C(COC(=O)c1cc2cc(F)ccc2s1)Nc1ccnn1C1CCCC1. The zero-order chi connectivity index (χ0) is 18.8. The van der Waals surface area contributed by atoms with Gasteiger partial charge < -0.3 is 10.1 Å². The third kappa shape index (κ3) is 3.85. The second kappa shape index (κ2) is 7.48. The monoisotopic (exact) mass is 387 g/mol. The maximum Gasteiger partial charge on any atom is 0.348 e. The lowest BCUT2D eigenvalue weighted by molar-refractivity contribution is -0.119. The fraction of sp³-hybridized carbons (Fsp3) is 0.316. The molecule has 2 aromatic heterocycles. The van der Waals surface area contributed by atoms with Gasteiger partial charge in [-0.2, -0.15) is 5.10 Å². The fourth-order valence-corrected chi connectivity index (χ4v) is 4.29. The van der Waals surface area contributed by atoms with Gasteiger partial charge in [-0.3, -0.25) is 4.79 Å². The van der Waals surface area contributed by atoms with Crippen LogP contribution in [0.5, 0.6) is 0 Å². The Kier molecular flexibility index (Phi) is 4.89. The lowest BCUT2D eigenvalue weighted by Gasteiger charge is -2.14. The summed E-state index contributed by atoms with van der Waals surface area (Å²) in [4.78, 5) is 24.7. The van der Waals surface area contributed by atoms with Crippen LogP contribution in [0.15, 0.2) is 36.5 Å². The lowest BCUT2D eigenvalue weighted by Crippen LogP contribution is -2.23. The van der Waals surface area contributed by atoms with E-state index < -0.39 is 18.5 Å². The Balaban J connectivity index is 1.36. The van der Waals surface area contributed by atoms with Crippen molar-refractivity contribution in [2.75, 3.05) is 11.9 Å². The molecule has 0 aliphatic heterocycles. The van der Waals surface area contributed by atoms with Crippen LogP contribution in [0.25, 0.3) is 10.1 Å². The minimum absolute atomic E-state index is 0.303. The number of ether oxygens (including phenoxy) is 1. The number of nitrogens with one attached hydrogen (secondary N) is 1. The van der Waals surface area contributed by atoms with E-state index >= 15 is 0 Å². The Morgan fingerprint density at radius 1 is 1.26 bits per heavy atom. The molecule has 1 amide bonds. The van der Waals surface area contributed by atoms with E-state index in [-0.39, 0.29) is 5.82 Å². The fourth-order valence-electron chi connectivity index (χ4n) is 3.35. The second-order valence-corrected chi connectivity index (χ2v) is 7.60. The molecule has 27 heavy (non-hydrogen) atoms. The molecular weight excluding hydrogens is 369 g/mol. The Morgan fingerprint density at radius 3 is 2.89 bits per heavy atom. The Hall–Kier alpha value is -2.74. The maximum absolute atomic E-state index is 13.3. The highest BCUT2D eigenvalue weighted by molar-refractivity contribution is 7.20. The highest BCUT2D eigenvalue weighted by atomic mass is 32.1. The number of anilines is 1. The Labute approximate surface area is 158 Å². The van der Waals surface area contributed by atoms with E-state index in [1.165, 1.54) is 23.5 Å². The van der Waals surface area contributed by atoms with Crippen LogP contribution >= 0.6 is 11.3 Å². The van der Waals surface area contributed by atoms with E-state index in [9.17, 15) is 14.0 Å². The van der Waals surface area contributed by atoms with Crippen molar-refractivity contribution in [3.05, 3.63) is 47.2 Å². The summed E-state index contributed by atoms with van der Waals surface area (Å²) in [5.41, 5.74) is 0. The van der Waals surface area contributed by atoms with E-state index in [0.29, 0.717) is 22.1 Å². The number of esters is 1. The molecule has 1 aliphatic carbocycles. The standard InChI is InChI=1S/C19H18FN3O3S/c20-13-5-6-15-12(9-13)10-16(27-15)19(25)26-11-18(24)22-17-7-8-21-23(17)14-3-1-2-4-14/h5-10,14H,1-4,11H2,(H,22,24). The number of rotatable bonds is 5. The van der Waals surface area contributed by atoms with Crippen molar-refractivity contribution in [1.82, 2.24) is 9.78 Å². The molecule has 4 rings (SSSR count). The van der Waals surface area contributed by atoms with Crippen molar-refractivity contribution in [3.63, 3.8) is 0 Å². The third-order valence-corrected chi connectivity index (χ3v) is 5.72. The summed E-state index contributed by atoms with van der Waals surface area (Å²) in [5, 5.41) is 7.67. The van der Waals surface area contributed by atoms with Gasteiger partial charge in [0.2, 0.25) is 0 Å². The molecule has 2 heterocycles. The van der Waals surface area contributed by atoms with E-state index in [1.54, 1.807) is 24.4 Å². The summed E-state index contributed by atoms with van der Waals surface area (Å²) in [6.07, 6.45) is 6.07. The number of thiophene rings is 1. The first-order chi connectivity index (χ1) is 13.1. The van der Waals surface area contributed by atoms with Gasteiger partial charge in [0.25, 0.3) is 5.91 Å². The molecule has 0 saturated heterocycles. The molecule has 1 aromatic carbocycles. The van der Waals surface area contributed by atoms with Crippen LogP contribution in [0.3, 0.4) is 0 Å². The molecule has 1 N–H and O–H groups in total. The summed E-state index contributed by atoms with van der Waals surface area (Å²) in [6, 6.07) is 7.92. The van der Waals surface area contributed by atoms with Gasteiger partial charge in [-0.05, 0) is 42.5 Å². The largest absolute Gasteiger partial charge is 0.451 e. The molecule has 140 valence electrons. The number of hydrogen-bond acceptors (Lipinski definition) is 5. The van der Waals surface area contributed by atoms with Crippen molar-refractivity contribution in [2.45, 2.75) is 31.7 Å². The molecule has 0 unspecified atom stereocenters. The van der Waals surface area contributed by atoms with E-state index in [1.807, 2.05) is 4.68 Å². The van der Waals surface area contributed by atoms with Crippen LogP contribution in [0, 0.1) is 5.82 Å². The number of amides is 1. The van der Waals surface area contributed by atoms with E-state index in [0.717, 1.165) is 30.4 Å². The van der Waals surface area contributed by atoms with Gasteiger partial charge in [0.1, 0.15) is 16.5 Å². The van der Waals surface area contributed by atoms with Crippen LogP contribution < -0.4 is 5.32 Å². The van der Waals surface area contributed by atoms with Crippen molar-refractivity contribution in [2.24, 2.45) is 0 Å². The normalized spacial score (nSPS) is 14.6. The molecule has 3 aromatic rings. The summed E-state index contributed by atoms with van der Waals surface area (Å²) in [6.45, 7) is -0.392. The molecule has 0 bridgehead atoms. The summed E-state index contributed by atoms with van der Waals surface area (Å²) in [7, 11) is 0. The molecule has 0 atom stereocenters. The molecule has 1 aliphatic rings. The molecule has 8 heteroatoms. The number of fused-ring (bicyclic) bond motifs is 1. The number of aromatic nitrogens is 2. The Morgan fingerprint density at radius 2 is 2.07 bits per heavy atom. The van der Waals surface area contributed by atoms with Crippen molar-refractivity contribution in [3.8, 4) is 0 Å². The van der Waals surface area contributed by atoms with Crippen molar-refractivity contribution >= 4 is 39.1 Å². The summed E-state index contributed by atoms with van der Waals surface area (Å²) in [5.74, 6) is -0.773. The van der Waals surface area contributed by atoms with Gasteiger partial charge in [0, 0.05) is 10.8 Å². The van der Waals surface area contributed by atoms with Crippen molar-refractivity contribution < 1.29 is 18.7 Å². The van der Waals surface area contributed by atoms with Crippen LogP contribution in [0.4, 0.5) is 10.2 Å². The number of benzene rings is 1. The van der Waals surface area contributed by atoms with Crippen molar-refractivity contribution in [1.29, 1.82) is 0 Å². The average molecular weight is 387 g/mol. The highest BCUT2D eigenvalue weighted by Gasteiger charge is 2.21. The zero-order valence-electron chi connectivity index (χ0n) is 14.5. The van der Waals surface area contributed by atoms with Crippen LogP contribution in [-0.4, -0.2) is 28.3 Å². The van der Waals surface area contributed by atoms with Gasteiger partial charge in [-0.15, -0.1) is 11.3 Å². The number of carbonyl (C=O) groups is 2. The molecule has 0 radical (unpaired) electrons. The minimum atomic E-state index is -0.601. The number of halogens is 1. The minimum Gasteiger partial charge on any atom is -0.451 e. The van der Waals surface area contributed by atoms with Gasteiger partial charge in [-0.1, -0.05) is 12.8 Å². The van der Waals surface area contributed by atoms with Gasteiger partial charge in [0.05, 0.1) is 12.2 Å². The van der Waals surface area contributed by atoms with Gasteiger partial charge in [-0.25, -0.2) is 13.9 Å². The predicted octanol–water partition coefficient (Wildman–Crippen LogP) is 4.15. The quantitative estimate of drug-likeness (QED) is 0.668. The van der Waals surface area contributed by atoms with Crippen LogP contribution in [0.1, 0.15) is 41.4 Å². The molecule has 1 fully saturated rings. The number of carbonyl (C=O) groups excluding carboxylic acids is 2. The first kappa shape index (κ1) is 17.7. The molecule has 1 saturated carbocycles. The summed E-state index contributed by atoms with van der Waals surface area (Å²) >= 11 is 1.20. The van der Waals surface area contributed by atoms with E-state index in [4.69, 9.17) is 4.74 Å². The lowest BCUT2D eigenvalue weighted by atomic mass is 10.2. The number of nitrogens with zero attached hydrogens (tertiary/aromatic N) is 2. The maximum atomic E-state index is 13.3. The first-order valence-corrected chi connectivity index (χ1v) is 9.61. The average Bonchev–Trinajstić information content (AvgIpc) is 3.38. The Bertz CT molecular complexity index is 991. The molecular formula is C19H18FN3O3S. The van der Waals surface area contributed by atoms with Crippen LogP contribution in [-0.2, 0) is 9.53 Å². The molecule has 6 nitrogen and oxygen atoms in total. The zero-order valence-corrected chi connectivity index (χ0v) is 15.3. The van der Waals surface area contributed by atoms with E-state index in [2.05, 4.69) is 10.4 Å². The second-order valence-electron chi connectivity index (χ2n) is 6.52. The smallest absolute Gasteiger partial charge is 0.348 e.